The van der Waals surface area contributed by atoms with Gasteiger partial charge in [0.15, 0.2) is 0 Å². The molecule has 4 nitrogen and oxygen atoms in total. The van der Waals surface area contributed by atoms with Gasteiger partial charge in [0.05, 0.1) is 12.1 Å². The average Bonchev–Trinajstić information content (AvgIpc) is 2.80. The highest BCUT2D eigenvalue weighted by atomic mass is 35.5. The van der Waals surface area contributed by atoms with Gasteiger partial charge < -0.3 is 14.4 Å². The van der Waals surface area contributed by atoms with E-state index in [9.17, 15) is 9.90 Å². The Morgan fingerprint density at radius 1 is 1.00 bits per heavy atom. The fraction of sp³-hybridized carbons (Fsp3) is 0.192. The van der Waals surface area contributed by atoms with Crippen molar-refractivity contribution in [3.05, 3.63) is 99.3 Å². The fourth-order valence-corrected chi connectivity index (χ4v) is 3.82. The van der Waals surface area contributed by atoms with Gasteiger partial charge in [-0.1, -0.05) is 48.9 Å². The third kappa shape index (κ3) is 4.36. The maximum Gasteiger partial charge on any atom is 0.251 e. The maximum absolute atomic E-state index is 12.6. The first-order chi connectivity index (χ1) is 15.0. The quantitative estimate of drug-likeness (QED) is 0.422. The molecule has 0 radical (unpaired) electrons. The van der Waals surface area contributed by atoms with E-state index in [0.29, 0.717) is 11.6 Å². The smallest absolute Gasteiger partial charge is 0.251 e. The van der Waals surface area contributed by atoms with E-state index < -0.39 is 6.10 Å². The fourth-order valence-electron chi connectivity index (χ4n) is 3.70. The number of ether oxygens (including phenoxy) is 1. The van der Waals surface area contributed by atoms with Gasteiger partial charge in [0, 0.05) is 23.5 Å². The predicted octanol–water partition coefficient (Wildman–Crippen LogP) is 5.73. The van der Waals surface area contributed by atoms with Gasteiger partial charge in [0.1, 0.15) is 11.9 Å². The molecule has 4 rings (SSSR count). The van der Waals surface area contributed by atoms with E-state index in [1.54, 1.807) is 29.8 Å². The molecule has 0 spiro atoms. The Morgan fingerprint density at radius 3 is 2.48 bits per heavy atom. The van der Waals surface area contributed by atoms with E-state index in [1.807, 2.05) is 54.6 Å². The summed E-state index contributed by atoms with van der Waals surface area (Å²) in [6.07, 6.45) is 0.122. The van der Waals surface area contributed by atoms with Crippen LogP contribution in [0.3, 0.4) is 0 Å². The molecule has 1 aromatic heterocycles. The molecule has 0 amide bonds. The maximum atomic E-state index is 12.6. The molecular formula is C26H24ClNO3. The van der Waals surface area contributed by atoms with E-state index in [2.05, 4.69) is 6.92 Å². The molecule has 1 unspecified atom stereocenters. The lowest BCUT2D eigenvalue weighted by Gasteiger charge is -2.16. The van der Waals surface area contributed by atoms with Crippen LogP contribution >= 0.6 is 11.6 Å². The van der Waals surface area contributed by atoms with Crippen molar-refractivity contribution in [3.63, 3.8) is 0 Å². The van der Waals surface area contributed by atoms with Crippen LogP contribution in [-0.4, -0.2) is 16.3 Å². The molecule has 1 atom stereocenters. The highest BCUT2D eigenvalue weighted by Gasteiger charge is 2.15. The van der Waals surface area contributed by atoms with Crippen LogP contribution in [0.4, 0.5) is 0 Å². The van der Waals surface area contributed by atoms with Gasteiger partial charge in [-0.15, -0.1) is 0 Å². The molecule has 1 N–H and O–H groups in total. The molecule has 3 aromatic carbocycles. The number of benzene rings is 3. The number of aliphatic hydroxyl groups is 1. The van der Waals surface area contributed by atoms with Crippen LogP contribution in [0.1, 0.15) is 30.6 Å². The third-order valence-corrected chi connectivity index (χ3v) is 5.64. The summed E-state index contributed by atoms with van der Waals surface area (Å²) in [5.74, 6) is 0.769. The number of pyridine rings is 1. The summed E-state index contributed by atoms with van der Waals surface area (Å²) in [7, 11) is 1.75. The van der Waals surface area contributed by atoms with Crippen molar-refractivity contribution in [3.8, 4) is 16.9 Å². The molecule has 0 aliphatic rings. The lowest BCUT2D eigenvalue weighted by molar-refractivity contribution is 0.220. The zero-order valence-corrected chi connectivity index (χ0v) is 18.3. The number of hydrogen-bond donors (Lipinski definition) is 1. The summed E-state index contributed by atoms with van der Waals surface area (Å²) in [5, 5.41) is 12.4. The molecule has 0 bridgehead atoms. The first kappa shape index (κ1) is 21.2. The number of fused-ring (bicyclic) bond motifs is 1. The molecule has 4 aromatic rings. The van der Waals surface area contributed by atoms with Gasteiger partial charge >= 0.3 is 0 Å². The van der Waals surface area contributed by atoms with Gasteiger partial charge in [-0.05, 0) is 65.1 Å². The average molecular weight is 434 g/mol. The van der Waals surface area contributed by atoms with Gasteiger partial charge in [0.2, 0.25) is 0 Å². The van der Waals surface area contributed by atoms with Crippen molar-refractivity contribution in [2.45, 2.75) is 19.4 Å². The number of aromatic nitrogens is 1. The van der Waals surface area contributed by atoms with Gasteiger partial charge in [-0.25, -0.2) is 0 Å². The van der Waals surface area contributed by atoms with E-state index in [1.165, 1.54) is 0 Å². The van der Waals surface area contributed by atoms with Crippen LogP contribution in [-0.2, 0) is 7.05 Å². The van der Waals surface area contributed by atoms with E-state index in [0.717, 1.165) is 45.3 Å². The summed E-state index contributed by atoms with van der Waals surface area (Å²) in [6.45, 7) is 2.70. The second-order valence-electron chi connectivity index (χ2n) is 7.56. The first-order valence-electron chi connectivity index (χ1n) is 10.3. The van der Waals surface area contributed by atoms with E-state index in [-0.39, 0.29) is 5.56 Å². The Morgan fingerprint density at radius 2 is 1.74 bits per heavy atom. The second-order valence-corrected chi connectivity index (χ2v) is 8.00. The van der Waals surface area contributed by atoms with Crippen molar-refractivity contribution >= 4 is 22.5 Å². The van der Waals surface area contributed by atoms with Crippen LogP contribution in [0.5, 0.6) is 5.75 Å². The topological polar surface area (TPSA) is 51.5 Å². The Bertz CT molecular complexity index is 1280. The third-order valence-electron chi connectivity index (χ3n) is 5.39. The van der Waals surface area contributed by atoms with Crippen molar-refractivity contribution < 1.29 is 9.84 Å². The largest absolute Gasteiger partial charge is 0.494 e. The molecule has 0 saturated heterocycles. The standard InChI is InChI=1S/C26H24ClNO3/c1-3-13-31-21-6-4-5-18(14-21)22-16-25(29)28(2)24-12-9-19(15-23(22)24)26(30)17-7-10-20(27)11-8-17/h4-12,14-16,26,30H,3,13H2,1-2H3. The second kappa shape index (κ2) is 8.96. The number of halogens is 1. The summed E-state index contributed by atoms with van der Waals surface area (Å²) >= 11 is 5.98. The summed E-state index contributed by atoms with van der Waals surface area (Å²) in [6, 6.07) is 22.2. The zero-order valence-electron chi connectivity index (χ0n) is 17.5. The van der Waals surface area contributed by atoms with Crippen molar-refractivity contribution in [1.29, 1.82) is 0 Å². The minimum Gasteiger partial charge on any atom is -0.494 e. The van der Waals surface area contributed by atoms with Crippen LogP contribution in [0, 0.1) is 0 Å². The molecule has 158 valence electrons. The Labute approximate surface area is 186 Å². The summed E-state index contributed by atoms with van der Waals surface area (Å²) < 4.78 is 7.40. The van der Waals surface area contributed by atoms with Crippen LogP contribution in [0.25, 0.3) is 22.0 Å². The monoisotopic (exact) mass is 433 g/mol. The molecule has 31 heavy (non-hydrogen) atoms. The normalized spacial score (nSPS) is 12.1. The van der Waals surface area contributed by atoms with Crippen LogP contribution < -0.4 is 10.3 Å². The first-order valence-corrected chi connectivity index (χ1v) is 10.7. The van der Waals surface area contributed by atoms with Crippen molar-refractivity contribution in [2.75, 3.05) is 6.61 Å². The number of rotatable bonds is 6. The van der Waals surface area contributed by atoms with E-state index >= 15 is 0 Å². The number of aryl methyl sites for hydroxylation is 1. The molecule has 0 saturated carbocycles. The summed E-state index contributed by atoms with van der Waals surface area (Å²) in [4.78, 5) is 12.6. The van der Waals surface area contributed by atoms with Crippen molar-refractivity contribution in [1.82, 2.24) is 4.57 Å². The highest BCUT2D eigenvalue weighted by molar-refractivity contribution is 6.30. The molecular weight excluding hydrogens is 410 g/mol. The molecule has 0 aliphatic heterocycles. The number of aliphatic hydroxyl groups excluding tert-OH is 1. The minimum atomic E-state index is -0.800. The minimum absolute atomic E-state index is 0.0895. The van der Waals surface area contributed by atoms with Crippen LogP contribution in [0.2, 0.25) is 5.02 Å². The highest BCUT2D eigenvalue weighted by Crippen LogP contribution is 2.32. The molecule has 0 aliphatic carbocycles. The number of nitrogens with zero attached hydrogens (tertiary/aromatic N) is 1. The summed E-state index contributed by atoms with van der Waals surface area (Å²) in [5.41, 5.74) is 3.92. The molecule has 5 heteroatoms. The SMILES string of the molecule is CCCOc1cccc(-c2cc(=O)n(C)c3ccc(C(O)c4ccc(Cl)cc4)cc23)c1. The van der Waals surface area contributed by atoms with Crippen molar-refractivity contribution in [2.24, 2.45) is 7.05 Å². The lowest BCUT2D eigenvalue weighted by Crippen LogP contribution is -2.16. The van der Waals surface area contributed by atoms with Crippen LogP contribution in [0.15, 0.2) is 77.6 Å². The molecule has 0 fully saturated rings. The Kier molecular flexibility index (Phi) is 6.12. The lowest BCUT2D eigenvalue weighted by atomic mass is 9.95. The van der Waals surface area contributed by atoms with E-state index in [4.69, 9.17) is 16.3 Å². The van der Waals surface area contributed by atoms with Gasteiger partial charge in [0.25, 0.3) is 5.56 Å². The Balaban J connectivity index is 1.85. The molecule has 1 heterocycles. The zero-order chi connectivity index (χ0) is 22.0. The predicted molar refractivity (Wildman–Crippen MR) is 126 cm³/mol. The van der Waals surface area contributed by atoms with Gasteiger partial charge in [-0.3, -0.25) is 4.79 Å². The van der Waals surface area contributed by atoms with Gasteiger partial charge in [-0.2, -0.15) is 0 Å². The Hall–Kier alpha value is -3.08. The number of hydrogen-bond acceptors (Lipinski definition) is 3.